The summed E-state index contributed by atoms with van der Waals surface area (Å²) < 4.78 is 25.6. The molecule has 0 aliphatic heterocycles. The zero-order chi connectivity index (χ0) is 29.6. The third kappa shape index (κ3) is 6.82. The topological polar surface area (TPSA) is 153 Å². The number of para-hydroxylation sites is 1. The molecule has 0 saturated carbocycles. The van der Waals surface area contributed by atoms with Crippen molar-refractivity contribution in [2.75, 3.05) is 5.32 Å². The summed E-state index contributed by atoms with van der Waals surface area (Å²) in [5.74, 6) is -0.173. The molecular formula is C30H25ClFN5O5. The van der Waals surface area contributed by atoms with Crippen LogP contribution in [-0.2, 0) is 16.1 Å². The Morgan fingerprint density at radius 3 is 2.64 bits per heavy atom. The number of carboxylic acid groups (broad SMARTS) is 1. The number of nitrogens with two attached hydrogens (primary N) is 1. The van der Waals surface area contributed by atoms with E-state index in [2.05, 4.69) is 20.6 Å². The molecule has 5 rings (SSSR count). The van der Waals surface area contributed by atoms with Crippen LogP contribution in [0.4, 0.5) is 15.9 Å². The average molecular weight is 590 g/mol. The molecule has 0 aliphatic rings. The lowest BCUT2D eigenvalue weighted by Crippen LogP contribution is -2.37. The third-order valence-corrected chi connectivity index (χ3v) is 6.63. The number of nitrogens with one attached hydrogen (secondary N) is 2. The van der Waals surface area contributed by atoms with E-state index in [0.29, 0.717) is 39.7 Å². The fourth-order valence-corrected chi connectivity index (χ4v) is 4.42. The number of aliphatic carboxylic acids is 1. The summed E-state index contributed by atoms with van der Waals surface area (Å²) in [6, 6.07) is 19.2. The van der Waals surface area contributed by atoms with Crippen LogP contribution in [0.2, 0.25) is 5.02 Å². The molecule has 2 heterocycles. The number of primary amides is 1. The number of ether oxygens (including phenoxy) is 1. The van der Waals surface area contributed by atoms with Crippen molar-refractivity contribution in [2.24, 2.45) is 5.73 Å². The Kier molecular flexibility index (Phi) is 8.60. The summed E-state index contributed by atoms with van der Waals surface area (Å²) in [4.78, 5) is 31.2. The van der Waals surface area contributed by atoms with Gasteiger partial charge in [0.25, 0.3) is 0 Å². The SMILES string of the molecule is NC(=O)CCC(NCc1ccc(-c2ccc3ncnc(Nc4ccc(Oc5ccccc5F)c(Cl)c4)c3c2)o1)C(=O)O. The first-order chi connectivity index (χ1) is 20.3. The van der Waals surface area contributed by atoms with Crippen molar-refractivity contribution in [3.8, 4) is 22.8 Å². The molecule has 0 spiro atoms. The average Bonchev–Trinajstić information content (AvgIpc) is 3.44. The Bertz CT molecular complexity index is 1760. The molecule has 42 heavy (non-hydrogen) atoms. The van der Waals surface area contributed by atoms with Crippen LogP contribution in [0.5, 0.6) is 11.5 Å². The summed E-state index contributed by atoms with van der Waals surface area (Å²) in [7, 11) is 0. The zero-order valence-corrected chi connectivity index (χ0v) is 22.8. The fourth-order valence-electron chi connectivity index (χ4n) is 4.20. The van der Waals surface area contributed by atoms with Crippen LogP contribution in [0.3, 0.4) is 0 Å². The van der Waals surface area contributed by atoms with Crippen molar-refractivity contribution < 1.29 is 28.2 Å². The number of benzene rings is 3. The van der Waals surface area contributed by atoms with Crippen molar-refractivity contribution in [3.63, 3.8) is 0 Å². The second-order valence-electron chi connectivity index (χ2n) is 9.30. The second kappa shape index (κ2) is 12.7. The molecule has 0 fully saturated rings. The summed E-state index contributed by atoms with van der Waals surface area (Å²) in [6.45, 7) is 0.149. The zero-order valence-electron chi connectivity index (χ0n) is 22.0. The summed E-state index contributed by atoms with van der Waals surface area (Å²) in [5, 5.41) is 16.5. The van der Waals surface area contributed by atoms with Gasteiger partial charge in [0.1, 0.15) is 35.5 Å². The van der Waals surface area contributed by atoms with Gasteiger partial charge in [0.05, 0.1) is 17.1 Å². The van der Waals surface area contributed by atoms with Crippen molar-refractivity contribution in [2.45, 2.75) is 25.4 Å². The lowest BCUT2D eigenvalue weighted by Gasteiger charge is -2.12. The maximum absolute atomic E-state index is 14.0. The van der Waals surface area contributed by atoms with E-state index in [4.69, 9.17) is 26.5 Å². The number of carbonyl (C=O) groups excluding carboxylic acids is 1. The molecule has 2 aromatic heterocycles. The Balaban J connectivity index is 1.32. The highest BCUT2D eigenvalue weighted by Crippen LogP contribution is 2.35. The lowest BCUT2D eigenvalue weighted by atomic mass is 10.1. The van der Waals surface area contributed by atoms with Gasteiger partial charge in [-0.25, -0.2) is 14.4 Å². The van der Waals surface area contributed by atoms with Gasteiger partial charge in [0, 0.05) is 23.1 Å². The van der Waals surface area contributed by atoms with Gasteiger partial charge < -0.3 is 25.3 Å². The summed E-state index contributed by atoms with van der Waals surface area (Å²) in [5.41, 5.74) is 7.21. The van der Waals surface area contributed by atoms with Crippen LogP contribution < -0.4 is 21.1 Å². The minimum absolute atomic E-state index is 0.0410. The molecule has 0 bridgehead atoms. The van der Waals surface area contributed by atoms with Crippen molar-refractivity contribution >= 4 is 45.9 Å². The van der Waals surface area contributed by atoms with Gasteiger partial charge in [-0.2, -0.15) is 0 Å². The molecule has 214 valence electrons. The number of furan rings is 1. The molecule has 1 amide bonds. The molecule has 0 aliphatic carbocycles. The largest absolute Gasteiger partial charge is 0.480 e. The van der Waals surface area contributed by atoms with E-state index in [1.54, 1.807) is 42.5 Å². The molecule has 5 N–H and O–H groups in total. The van der Waals surface area contributed by atoms with Gasteiger partial charge in [-0.05, 0) is 67.1 Å². The van der Waals surface area contributed by atoms with Crippen molar-refractivity contribution in [1.29, 1.82) is 0 Å². The summed E-state index contributed by atoms with van der Waals surface area (Å²) in [6.07, 6.45) is 1.47. The van der Waals surface area contributed by atoms with E-state index in [1.807, 2.05) is 18.2 Å². The van der Waals surface area contributed by atoms with Crippen LogP contribution in [0.25, 0.3) is 22.2 Å². The monoisotopic (exact) mass is 589 g/mol. The first-order valence-corrected chi connectivity index (χ1v) is 13.2. The van der Waals surface area contributed by atoms with Crippen molar-refractivity contribution in [1.82, 2.24) is 15.3 Å². The van der Waals surface area contributed by atoms with Crippen LogP contribution in [-0.4, -0.2) is 33.0 Å². The molecule has 5 aromatic rings. The lowest BCUT2D eigenvalue weighted by molar-refractivity contribution is -0.139. The maximum atomic E-state index is 14.0. The molecular weight excluding hydrogens is 565 g/mol. The quantitative estimate of drug-likeness (QED) is 0.137. The van der Waals surface area contributed by atoms with Gasteiger partial charge in [0.2, 0.25) is 5.91 Å². The molecule has 1 unspecified atom stereocenters. The van der Waals surface area contributed by atoms with Gasteiger partial charge in [-0.1, -0.05) is 23.7 Å². The number of fused-ring (bicyclic) bond motifs is 1. The number of carboxylic acids is 1. The van der Waals surface area contributed by atoms with Crippen LogP contribution in [0.15, 0.2) is 83.5 Å². The predicted molar refractivity (Wildman–Crippen MR) is 155 cm³/mol. The van der Waals surface area contributed by atoms with E-state index >= 15 is 0 Å². The number of anilines is 2. The highest BCUT2D eigenvalue weighted by molar-refractivity contribution is 6.32. The Morgan fingerprint density at radius 1 is 1.05 bits per heavy atom. The molecule has 10 nitrogen and oxygen atoms in total. The predicted octanol–water partition coefficient (Wildman–Crippen LogP) is 6.03. The first-order valence-electron chi connectivity index (χ1n) is 12.8. The van der Waals surface area contributed by atoms with Gasteiger partial charge in [-0.3, -0.25) is 14.9 Å². The van der Waals surface area contributed by atoms with E-state index < -0.39 is 23.7 Å². The second-order valence-corrected chi connectivity index (χ2v) is 9.71. The van der Waals surface area contributed by atoms with E-state index in [-0.39, 0.29) is 30.2 Å². The third-order valence-electron chi connectivity index (χ3n) is 6.33. The smallest absolute Gasteiger partial charge is 0.320 e. The van der Waals surface area contributed by atoms with Gasteiger partial charge in [-0.15, -0.1) is 0 Å². The number of nitrogens with zero attached hydrogens (tertiary/aromatic N) is 2. The molecule has 3 aromatic carbocycles. The van der Waals surface area contributed by atoms with Crippen LogP contribution in [0, 0.1) is 5.82 Å². The standard InChI is InChI=1S/C30H25ClFN5O5/c31-21-14-18(6-10-26(21)42-27-4-2-1-3-22(27)32)37-29-20-13-17(5-8-23(20)35-16-36-29)25-11-7-19(41-25)15-34-24(30(39)40)9-12-28(33)38/h1-8,10-11,13-14,16,24,34H,9,12,15H2,(H2,33,38)(H,39,40)(H,35,36,37). The number of hydrogen-bond donors (Lipinski definition) is 4. The molecule has 12 heteroatoms. The number of aromatic nitrogens is 2. The van der Waals surface area contributed by atoms with Crippen LogP contribution in [0.1, 0.15) is 18.6 Å². The number of carbonyl (C=O) groups is 2. The minimum atomic E-state index is -1.08. The Labute approximate surface area is 244 Å². The molecule has 0 saturated heterocycles. The molecule has 1 atom stereocenters. The van der Waals surface area contributed by atoms with Gasteiger partial charge >= 0.3 is 5.97 Å². The molecule has 0 radical (unpaired) electrons. The van der Waals surface area contributed by atoms with E-state index in [0.717, 1.165) is 5.56 Å². The van der Waals surface area contributed by atoms with E-state index in [9.17, 15) is 19.1 Å². The summed E-state index contributed by atoms with van der Waals surface area (Å²) >= 11 is 6.43. The number of amides is 1. The first kappa shape index (κ1) is 28.5. The van der Waals surface area contributed by atoms with Crippen molar-refractivity contribution in [3.05, 3.63) is 95.7 Å². The minimum Gasteiger partial charge on any atom is -0.480 e. The maximum Gasteiger partial charge on any atom is 0.320 e. The van der Waals surface area contributed by atoms with E-state index in [1.165, 1.54) is 18.5 Å². The van der Waals surface area contributed by atoms with Gasteiger partial charge in [0.15, 0.2) is 11.6 Å². The van der Waals surface area contributed by atoms with Crippen LogP contribution >= 0.6 is 11.6 Å². The highest BCUT2D eigenvalue weighted by Gasteiger charge is 2.18. The number of halogens is 2. The number of rotatable bonds is 12. The fraction of sp³-hybridized carbons (Fsp3) is 0.133. The number of hydrogen-bond acceptors (Lipinski definition) is 8. The normalized spacial score (nSPS) is 11.8. The highest BCUT2D eigenvalue weighted by atomic mass is 35.5. The Morgan fingerprint density at radius 2 is 1.88 bits per heavy atom. The Hall–Kier alpha value is -5.00.